The van der Waals surface area contributed by atoms with Gasteiger partial charge >= 0.3 is 0 Å². The molecule has 1 aliphatic carbocycles. The predicted molar refractivity (Wildman–Crippen MR) is 262 cm³/mol. The van der Waals surface area contributed by atoms with Crippen molar-refractivity contribution in [2.75, 3.05) is 0 Å². The zero-order valence-corrected chi connectivity index (χ0v) is 34.9. The maximum absolute atomic E-state index is 4.81. The average Bonchev–Trinajstić information content (AvgIpc) is 4.01. The molecule has 0 unspecified atom stereocenters. The van der Waals surface area contributed by atoms with Gasteiger partial charge in [0, 0.05) is 57.0 Å². The van der Waals surface area contributed by atoms with E-state index in [4.69, 9.17) is 4.98 Å². The summed E-state index contributed by atoms with van der Waals surface area (Å²) in [5, 5.41) is 8.66. The quantitative estimate of drug-likeness (QED) is 0.162. The second-order valence-electron chi connectivity index (χ2n) is 17.4. The van der Waals surface area contributed by atoms with Crippen LogP contribution in [0.4, 0.5) is 0 Å². The Bertz CT molecular complexity index is 3770. The van der Waals surface area contributed by atoms with Crippen LogP contribution in [-0.2, 0) is 5.41 Å². The van der Waals surface area contributed by atoms with E-state index in [0.717, 1.165) is 22.5 Å². The lowest BCUT2D eigenvalue weighted by molar-refractivity contribution is 0.660. The highest BCUT2D eigenvalue weighted by atomic mass is 15.1. The van der Waals surface area contributed by atoms with Gasteiger partial charge in [0.25, 0.3) is 0 Å². The summed E-state index contributed by atoms with van der Waals surface area (Å²) in [7, 11) is 0. The van der Waals surface area contributed by atoms with Gasteiger partial charge in [-0.25, -0.2) is 9.97 Å². The van der Waals surface area contributed by atoms with Crippen LogP contribution in [-0.4, -0.2) is 18.9 Å². The summed E-state index contributed by atoms with van der Waals surface area (Å²) in [6.45, 7) is 4.75. The zero-order valence-electron chi connectivity index (χ0n) is 34.9. The molecule has 0 spiro atoms. The van der Waals surface area contributed by atoms with E-state index in [-0.39, 0.29) is 5.41 Å². The van der Waals surface area contributed by atoms with E-state index < -0.39 is 0 Å². The number of aromatic nitrogens is 4. The van der Waals surface area contributed by atoms with E-state index in [2.05, 4.69) is 205 Å². The van der Waals surface area contributed by atoms with Gasteiger partial charge in [0.15, 0.2) is 0 Å². The molecule has 0 atom stereocenters. The molecule has 0 radical (unpaired) electrons. The highest BCUT2D eigenvalue weighted by Crippen LogP contribution is 2.53. The zero-order chi connectivity index (χ0) is 41.8. The van der Waals surface area contributed by atoms with Crippen LogP contribution in [0.15, 0.2) is 207 Å². The van der Waals surface area contributed by atoms with E-state index in [1.54, 1.807) is 6.20 Å². The van der Waals surface area contributed by atoms with E-state index in [1.807, 2.05) is 22.9 Å². The Hall–Kier alpha value is -8.08. The number of fused-ring (bicyclic) bond motifs is 12. The van der Waals surface area contributed by atoms with Gasteiger partial charge in [-0.2, -0.15) is 0 Å². The summed E-state index contributed by atoms with van der Waals surface area (Å²) in [4.78, 5) is 9.25. The Morgan fingerprint density at radius 3 is 1.89 bits per heavy atom. The second-order valence-corrected chi connectivity index (χ2v) is 17.4. The van der Waals surface area contributed by atoms with Gasteiger partial charge in [0.1, 0.15) is 0 Å². The molecule has 1 aliphatic rings. The smallest absolute Gasteiger partial charge is 0.234 e. The summed E-state index contributed by atoms with van der Waals surface area (Å²) in [5.41, 5.74) is 16.7. The van der Waals surface area contributed by atoms with Crippen LogP contribution in [0.3, 0.4) is 0 Å². The maximum atomic E-state index is 4.81. The molecule has 0 aliphatic heterocycles. The molecule has 0 bridgehead atoms. The van der Waals surface area contributed by atoms with Gasteiger partial charge in [-0.3, -0.25) is 4.40 Å². The van der Waals surface area contributed by atoms with E-state index in [0.29, 0.717) is 5.78 Å². The molecule has 13 rings (SSSR count). The standard InChI is InChI=1S/C59H40N4/c1-59(2)50-25-14-13-22-44(50)45-31-30-41(34-51(45)59)63-56(40-18-7-4-8-19-40)53(39-16-5-3-6-17-39)55-54-46-23-11-9-20-42(46)48(35-49(54)43-21-10-12-24-47(43)57(55)63)37-26-28-38(29-27-37)52-36-62-33-15-32-60-58(62)61-52/h3-36H,1-2H3. The lowest BCUT2D eigenvalue weighted by Crippen LogP contribution is -2.15. The van der Waals surface area contributed by atoms with Crippen molar-refractivity contribution in [3.63, 3.8) is 0 Å². The molecular formula is C59H40N4. The maximum Gasteiger partial charge on any atom is 0.234 e. The van der Waals surface area contributed by atoms with Crippen LogP contribution in [0.2, 0.25) is 0 Å². The number of rotatable bonds is 5. The van der Waals surface area contributed by atoms with Crippen molar-refractivity contribution in [3.05, 3.63) is 218 Å². The number of hydrogen-bond acceptors (Lipinski definition) is 2. The van der Waals surface area contributed by atoms with E-state index in [9.17, 15) is 0 Å². The molecule has 3 aromatic heterocycles. The first-order valence-electron chi connectivity index (χ1n) is 21.7. The van der Waals surface area contributed by atoms with Gasteiger partial charge in [0.05, 0.1) is 16.9 Å². The fourth-order valence-corrected chi connectivity index (χ4v) is 10.7. The third kappa shape index (κ3) is 5.22. The van der Waals surface area contributed by atoms with Crippen LogP contribution >= 0.6 is 0 Å². The monoisotopic (exact) mass is 804 g/mol. The van der Waals surface area contributed by atoms with Crippen molar-refractivity contribution in [2.45, 2.75) is 19.3 Å². The SMILES string of the molecule is CC1(C)c2ccccc2-c2ccc(-n3c(-c4ccccc4)c(-c4ccccc4)c4c5c6ccccc6c(-c6ccc(-c7cn8cccnc8n7)cc6)cc5c5ccccc5c43)cc21. The molecule has 63 heavy (non-hydrogen) atoms. The first-order chi connectivity index (χ1) is 31.0. The average molecular weight is 805 g/mol. The lowest BCUT2D eigenvalue weighted by atomic mass is 9.82. The van der Waals surface area contributed by atoms with Crippen LogP contribution in [0, 0.1) is 0 Å². The normalized spacial score (nSPS) is 13.0. The Balaban J connectivity index is 1.16. The minimum absolute atomic E-state index is 0.149. The summed E-state index contributed by atoms with van der Waals surface area (Å²) < 4.78 is 4.56. The molecule has 0 amide bonds. The lowest BCUT2D eigenvalue weighted by Gasteiger charge is -2.23. The Kier molecular flexibility index (Phi) is 7.62. The second kappa shape index (κ2) is 13.5. The number of benzene rings is 9. The highest BCUT2D eigenvalue weighted by molar-refractivity contribution is 6.36. The van der Waals surface area contributed by atoms with Gasteiger partial charge in [-0.15, -0.1) is 0 Å². The summed E-state index contributed by atoms with van der Waals surface area (Å²) in [5.74, 6) is 0.694. The molecule has 3 heterocycles. The molecular weight excluding hydrogens is 765 g/mol. The summed E-state index contributed by atoms with van der Waals surface area (Å²) in [6, 6.07) is 69.5. The van der Waals surface area contributed by atoms with Crippen molar-refractivity contribution in [1.29, 1.82) is 0 Å². The molecule has 0 saturated heterocycles. The van der Waals surface area contributed by atoms with Gasteiger partial charge < -0.3 is 4.57 Å². The minimum atomic E-state index is -0.149. The Morgan fingerprint density at radius 2 is 1.11 bits per heavy atom. The minimum Gasteiger partial charge on any atom is -0.308 e. The highest BCUT2D eigenvalue weighted by Gasteiger charge is 2.36. The van der Waals surface area contributed by atoms with E-state index >= 15 is 0 Å². The number of nitrogens with zero attached hydrogens (tertiary/aromatic N) is 4. The topological polar surface area (TPSA) is 35.1 Å². The third-order valence-corrected chi connectivity index (χ3v) is 13.6. The van der Waals surface area contributed by atoms with Crippen LogP contribution < -0.4 is 0 Å². The fraction of sp³-hybridized carbons (Fsp3) is 0.0508. The molecule has 9 aromatic carbocycles. The van der Waals surface area contributed by atoms with Crippen molar-refractivity contribution in [3.8, 4) is 61.6 Å². The van der Waals surface area contributed by atoms with Gasteiger partial charge in [-0.05, 0) is 90.3 Å². The van der Waals surface area contributed by atoms with Gasteiger partial charge in [0.2, 0.25) is 5.78 Å². The van der Waals surface area contributed by atoms with Gasteiger partial charge in [-0.1, -0.05) is 178 Å². The van der Waals surface area contributed by atoms with Crippen molar-refractivity contribution < 1.29 is 0 Å². The molecule has 0 saturated carbocycles. The third-order valence-electron chi connectivity index (χ3n) is 13.6. The van der Waals surface area contributed by atoms with Crippen molar-refractivity contribution >= 4 is 49.0 Å². The molecule has 296 valence electrons. The Morgan fingerprint density at radius 1 is 0.460 bits per heavy atom. The number of imidazole rings is 1. The summed E-state index contributed by atoms with van der Waals surface area (Å²) >= 11 is 0. The van der Waals surface area contributed by atoms with Crippen LogP contribution in [0.5, 0.6) is 0 Å². The fourth-order valence-electron chi connectivity index (χ4n) is 10.7. The van der Waals surface area contributed by atoms with Crippen molar-refractivity contribution in [1.82, 2.24) is 18.9 Å². The number of hydrogen-bond donors (Lipinski definition) is 0. The van der Waals surface area contributed by atoms with E-state index in [1.165, 1.54) is 93.4 Å². The Labute approximate surface area is 365 Å². The predicted octanol–water partition coefficient (Wildman–Crippen LogP) is 15.1. The molecule has 4 nitrogen and oxygen atoms in total. The molecule has 0 N–H and O–H groups in total. The molecule has 4 heteroatoms. The first kappa shape index (κ1) is 35.7. The largest absolute Gasteiger partial charge is 0.308 e. The molecule has 0 fully saturated rings. The van der Waals surface area contributed by atoms with Crippen LogP contribution in [0.25, 0.3) is 111 Å². The summed E-state index contributed by atoms with van der Waals surface area (Å²) in [6.07, 6.45) is 5.81. The molecule has 12 aromatic rings. The first-order valence-corrected chi connectivity index (χ1v) is 21.7. The van der Waals surface area contributed by atoms with Crippen molar-refractivity contribution in [2.24, 2.45) is 0 Å². The van der Waals surface area contributed by atoms with Crippen LogP contribution in [0.1, 0.15) is 25.0 Å².